The first-order chi connectivity index (χ1) is 7.50. The van der Waals surface area contributed by atoms with Gasteiger partial charge in [0.2, 0.25) is 0 Å². The van der Waals surface area contributed by atoms with Crippen LogP contribution in [0.15, 0.2) is 34.7 Å². The van der Waals surface area contributed by atoms with Crippen LogP contribution in [0.25, 0.3) is 0 Å². The van der Waals surface area contributed by atoms with E-state index < -0.39 is 11.0 Å². The van der Waals surface area contributed by atoms with Crippen LogP contribution in [0.3, 0.4) is 0 Å². The van der Waals surface area contributed by atoms with Crippen molar-refractivity contribution in [2.75, 3.05) is 0 Å². The second kappa shape index (κ2) is 12.2. The number of hydrogen-bond donors (Lipinski definition) is 0. The van der Waals surface area contributed by atoms with Crippen LogP contribution in [0.1, 0.15) is 40.2 Å². The van der Waals surface area contributed by atoms with E-state index in [1.54, 1.807) is 6.21 Å². The second-order valence-electron chi connectivity index (χ2n) is 4.01. The predicted octanol–water partition coefficient (Wildman–Crippen LogP) is 4.04. The Kier molecular flexibility index (Phi) is 15.7. The van der Waals surface area contributed by atoms with Gasteiger partial charge in [0.15, 0.2) is 0 Å². The molecular formula is C14H24NOSY-. The molecule has 1 rings (SSSR count). The van der Waals surface area contributed by atoms with E-state index in [1.165, 1.54) is 0 Å². The predicted molar refractivity (Wildman–Crippen MR) is 79.7 cm³/mol. The monoisotopic (exact) mass is 343 g/mol. The summed E-state index contributed by atoms with van der Waals surface area (Å²) in [4.78, 5) is 0. The van der Waals surface area contributed by atoms with Crippen molar-refractivity contribution in [1.82, 2.24) is 0 Å². The molecule has 0 amide bonds. The molecule has 1 aromatic carbocycles. The van der Waals surface area contributed by atoms with E-state index in [0.29, 0.717) is 0 Å². The number of nitrogens with zero attached hydrogens (tertiary/aromatic N) is 1. The van der Waals surface area contributed by atoms with Gasteiger partial charge in [-0.3, -0.25) is 0 Å². The van der Waals surface area contributed by atoms with Crippen LogP contribution in [-0.2, 0) is 43.7 Å². The molecule has 4 heteroatoms. The third-order valence-electron chi connectivity index (χ3n) is 1.62. The van der Waals surface area contributed by atoms with Crippen molar-refractivity contribution >= 4 is 17.2 Å². The third-order valence-corrected chi connectivity index (χ3v) is 2.97. The molecule has 1 unspecified atom stereocenters. The summed E-state index contributed by atoms with van der Waals surface area (Å²) in [5, 5.41) is 0. The van der Waals surface area contributed by atoms with Crippen molar-refractivity contribution in [2.45, 2.75) is 39.4 Å². The van der Waals surface area contributed by atoms with Gasteiger partial charge in [-0.2, -0.15) is 4.40 Å². The minimum absolute atomic E-state index is 0. The van der Waals surface area contributed by atoms with E-state index in [1.807, 2.05) is 65.0 Å². The van der Waals surface area contributed by atoms with Gasteiger partial charge in [0, 0.05) is 38.9 Å². The molecule has 0 spiro atoms. The summed E-state index contributed by atoms with van der Waals surface area (Å²) in [7, 11) is -1.17. The minimum Gasteiger partial charge on any atom is -0.358 e. The fraction of sp³-hybridized carbons (Fsp3) is 0.429. The number of rotatable bonds is 2. The zero-order valence-corrected chi connectivity index (χ0v) is 16.0. The summed E-state index contributed by atoms with van der Waals surface area (Å²) in [5.74, 6) is 0. The van der Waals surface area contributed by atoms with Crippen LogP contribution in [0, 0.1) is 7.43 Å². The van der Waals surface area contributed by atoms with Crippen LogP contribution in [0.2, 0.25) is 0 Å². The molecule has 0 fully saturated rings. The maximum Gasteiger partial charge on any atom is 0.144 e. The van der Waals surface area contributed by atoms with Gasteiger partial charge >= 0.3 is 0 Å². The summed E-state index contributed by atoms with van der Waals surface area (Å²) in [6.07, 6.45) is 1.65. The molecule has 0 heterocycles. The Morgan fingerprint density at radius 1 is 1.11 bits per heavy atom. The summed E-state index contributed by atoms with van der Waals surface area (Å²) < 4.78 is 15.3. The Balaban J connectivity index is -0.000000534. The average molecular weight is 343 g/mol. The standard InChI is InChI=1S/C11H15NOS.C2H6.CH3.Y/c1-11(2,3)14(13)12-9-10-7-5-4-6-8-10;1-2;;/h4-9H,1-3H3;1-2H3;1H3;/q;;-1;. The van der Waals surface area contributed by atoms with Crippen molar-refractivity contribution in [3.05, 3.63) is 43.3 Å². The van der Waals surface area contributed by atoms with Gasteiger partial charge in [-0.15, -0.1) is 0 Å². The Hall–Kier alpha value is 0.144. The molecule has 2 nitrogen and oxygen atoms in total. The van der Waals surface area contributed by atoms with Gasteiger partial charge in [-0.1, -0.05) is 44.2 Å². The topological polar surface area (TPSA) is 29.4 Å². The molecule has 0 aliphatic rings. The third kappa shape index (κ3) is 10.1. The molecule has 0 aliphatic carbocycles. The van der Waals surface area contributed by atoms with E-state index in [2.05, 4.69) is 4.40 Å². The quantitative estimate of drug-likeness (QED) is 0.589. The summed E-state index contributed by atoms with van der Waals surface area (Å²) in [5.41, 5.74) is 0.977. The van der Waals surface area contributed by atoms with E-state index in [4.69, 9.17) is 0 Å². The smallest absolute Gasteiger partial charge is 0.144 e. The maximum atomic E-state index is 11.6. The average Bonchev–Trinajstić information content (AvgIpc) is 2.28. The van der Waals surface area contributed by atoms with Crippen molar-refractivity contribution < 1.29 is 36.9 Å². The van der Waals surface area contributed by atoms with Gasteiger partial charge < -0.3 is 7.43 Å². The van der Waals surface area contributed by atoms with E-state index in [-0.39, 0.29) is 44.9 Å². The molecule has 101 valence electrons. The van der Waals surface area contributed by atoms with E-state index in [9.17, 15) is 4.21 Å². The first-order valence-electron chi connectivity index (χ1n) is 5.51. The van der Waals surface area contributed by atoms with Crippen LogP contribution in [0.5, 0.6) is 0 Å². The molecule has 0 bridgehead atoms. The van der Waals surface area contributed by atoms with E-state index in [0.717, 1.165) is 5.56 Å². The molecule has 0 saturated carbocycles. The molecule has 0 saturated heterocycles. The van der Waals surface area contributed by atoms with Crippen molar-refractivity contribution in [3.63, 3.8) is 0 Å². The van der Waals surface area contributed by atoms with Gasteiger partial charge in [-0.05, 0) is 26.3 Å². The fourth-order valence-corrected chi connectivity index (χ4v) is 1.34. The van der Waals surface area contributed by atoms with Crippen LogP contribution in [-0.4, -0.2) is 15.2 Å². The van der Waals surface area contributed by atoms with E-state index >= 15 is 0 Å². The Morgan fingerprint density at radius 3 is 1.94 bits per heavy atom. The number of hydrogen-bond acceptors (Lipinski definition) is 1. The Bertz CT molecular complexity index is 345. The summed E-state index contributed by atoms with van der Waals surface area (Å²) in [6, 6.07) is 9.67. The Morgan fingerprint density at radius 2 is 1.56 bits per heavy atom. The van der Waals surface area contributed by atoms with Crippen LogP contribution >= 0.6 is 0 Å². The van der Waals surface area contributed by atoms with Gasteiger partial charge in [-0.25, -0.2) is 4.21 Å². The summed E-state index contributed by atoms with van der Waals surface area (Å²) in [6.45, 7) is 9.72. The van der Waals surface area contributed by atoms with Crippen LogP contribution in [0.4, 0.5) is 0 Å². The minimum atomic E-state index is -1.17. The van der Waals surface area contributed by atoms with Crippen molar-refractivity contribution in [2.24, 2.45) is 4.40 Å². The normalized spacial score (nSPS) is 11.6. The SMILES string of the molecule is CC.CC(C)(C)S(=O)N=Cc1ccccc1.[CH3-].[Y]. The van der Waals surface area contributed by atoms with Gasteiger partial charge in [0.25, 0.3) is 0 Å². The van der Waals surface area contributed by atoms with Gasteiger partial charge in [0.1, 0.15) is 11.0 Å². The second-order valence-corrected chi connectivity index (χ2v) is 5.94. The first kappa shape index (κ1) is 23.3. The molecule has 0 aliphatic heterocycles. The molecule has 1 radical (unpaired) electrons. The molecule has 1 atom stereocenters. The zero-order chi connectivity index (χ0) is 12.6. The first-order valence-corrected chi connectivity index (χ1v) is 6.62. The zero-order valence-electron chi connectivity index (χ0n) is 12.3. The molecule has 18 heavy (non-hydrogen) atoms. The summed E-state index contributed by atoms with van der Waals surface area (Å²) >= 11 is 0. The fourth-order valence-electron chi connectivity index (χ4n) is 0.806. The Labute approximate surface area is 140 Å². The molecule has 1 aromatic rings. The molecular weight excluding hydrogens is 319 g/mol. The maximum absolute atomic E-state index is 11.6. The van der Waals surface area contributed by atoms with Crippen LogP contribution < -0.4 is 0 Å². The van der Waals surface area contributed by atoms with Crippen molar-refractivity contribution in [3.8, 4) is 0 Å². The number of benzene rings is 1. The van der Waals surface area contributed by atoms with Crippen molar-refractivity contribution in [1.29, 1.82) is 0 Å². The van der Waals surface area contributed by atoms with Gasteiger partial charge in [0.05, 0.1) is 4.75 Å². The molecule has 0 aromatic heterocycles. The largest absolute Gasteiger partial charge is 0.358 e. The molecule has 0 N–H and O–H groups in total.